The molecule has 0 bridgehead atoms. The summed E-state index contributed by atoms with van der Waals surface area (Å²) in [4.78, 5) is 30.7. The molecule has 3 aliphatic rings. The third kappa shape index (κ3) is 6.93. The van der Waals surface area contributed by atoms with E-state index in [2.05, 4.69) is 26.4 Å². The molecule has 1 aliphatic carbocycles. The number of nitriles is 1. The number of ether oxygens (including phenoxy) is 1. The highest BCUT2D eigenvalue weighted by Crippen LogP contribution is 2.30. The highest BCUT2D eigenvalue weighted by molar-refractivity contribution is 6.07. The smallest absolute Gasteiger partial charge is 0.251 e. The van der Waals surface area contributed by atoms with Crippen molar-refractivity contribution in [3.63, 3.8) is 0 Å². The summed E-state index contributed by atoms with van der Waals surface area (Å²) in [6, 6.07) is 9.96. The molecule has 1 amide bonds. The maximum absolute atomic E-state index is 14.8. The highest BCUT2D eigenvalue weighted by atomic mass is 19.1. The Morgan fingerprint density at radius 1 is 1.34 bits per heavy atom. The predicted octanol–water partition coefficient (Wildman–Crippen LogP) is 3.20. The molecule has 12 heteroatoms. The number of aliphatic imine (C=N–C) groups is 3. The van der Waals surface area contributed by atoms with Crippen LogP contribution in [0.15, 0.2) is 81.4 Å². The second-order valence-corrected chi connectivity index (χ2v) is 10.1. The Morgan fingerprint density at radius 2 is 2.17 bits per heavy atom. The molecule has 4 atom stereocenters. The summed E-state index contributed by atoms with van der Waals surface area (Å²) in [7, 11) is 0. The third-order valence-electron chi connectivity index (χ3n) is 7.05. The van der Waals surface area contributed by atoms with E-state index in [9.17, 15) is 19.6 Å². The second-order valence-electron chi connectivity index (χ2n) is 10.1. The Morgan fingerprint density at radius 3 is 2.88 bits per heavy atom. The largest absolute Gasteiger partial charge is 0.486 e. The Kier molecular flexibility index (Phi) is 8.64. The number of aliphatic hydroxyl groups is 1. The van der Waals surface area contributed by atoms with E-state index in [1.165, 1.54) is 18.2 Å². The molecule has 2 N–H and O–H groups in total. The SMILES string of the molecule is C[C@H](O)C(=O)N1CCC(OC2=CCC(CC3=NC(Nc4ccc(-n5ccnc5)cc4)=NC=NC3)C=C2C#N)[C@H](F)C1. The molecule has 1 aromatic heterocycles. The molecule has 1 saturated heterocycles. The number of alkyl halides is 1. The predicted molar refractivity (Wildman–Crippen MR) is 153 cm³/mol. The van der Waals surface area contributed by atoms with Crippen LogP contribution < -0.4 is 5.32 Å². The number of likely N-dealkylation sites (tertiary alicyclic amines) is 1. The standard InChI is InChI=1S/C29H31FN8O3/c1-19(39)28(40)37-10-8-27(25(30)16-37)41-26-7-2-20(12-21(26)14-31)13-23-15-33-17-34-29(36-23)35-22-3-5-24(6-4-22)38-11-9-32-18-38/h3-7,9,11-12,17-20,25,27,39H,2,8,10,13,15-16H2,1H3,(H,33,34,35)/t19-,20?,25+,27?/m0/s1. The number of nitrogens with one attached hydrogen (secondary N) is 1. The van der Waals surface area contributed by atoms with Crippen LogP contribution in [0.1, 0.15) is 26.2 Å². The molecule has 0 spiro atoms. The van der Waals surface area contributed by atoms with Crippen molar-refractivity contribution in [2.75, 3.05) is 25.0 Å². The molecule has 2 aromatic rings. The second kappa shape index (κ2) is 12.7. The van der Waals surface area contributed by atoms with E-state index in [1.54, 1.807) is 12.5 Å². The van der Waals surface area contributed by atoms with Gasteiger partial charge in [0.25, 0.3) is 5.91 Å². The van der Waals surface area contributed by atoms with E-state index >= 15 is 0 Å². The Bertz CT molecular complexity index is 1440. The number of guanidine groups is 1. The van der Waals surface area contributed by atoms with Gasteiger partial charge in [-0.15, -0.1) is 0 Å². The number of imidazole rings is 1. The number of hydrogen-bond donors (Lipinski definition) is 2. The summed E-state index contributed by atoms with van der Waals surface area (Å²) in [6.45, 7) is 1.89. The summed E-state index contributed by atoms with van der Waals surface area (Å²) in [6.07, 6.45) is 8.53. The van der Waals surface area contributed by atoms with Crippen molar-refractivity contribution < 1.29 is 19.0 Å². The molecule has 2 aliphatic heterocycles. The number of carbonyl (C=O) groups is 1. The number of carbonyl (C=O) groups excluding carboxylic acids is 1. The molecule has 3 heterocycles. The van der Waals surface area contributed by atoms with Crippen LogP contribution in [0.3, 0.4) is 0 Å². The van der Waals surface area contributed by atoms with Gasteiger partial charge in [0, 0.05) is 42.4 Å². The number of hydrogen-bond acceptors (Lipinski definition) is 9. The van der Waals surface area contributed by atoms with Crippen molar-refractivity contribution in [3.8, 4) is 11.8 Å². The van der Waals surface area contributed by atoms with E-state index in [0.29, 0.717) is 36.7 Å². The van der Waals surface area contributed by atoms with Gasteiger partial charge in [-0.3, -0.25) is 9.79 Å². The average molecular weight is 559 g/mol. The maximum atomic E-state index is 14.8. The summed E-state index contributed by atoms with van der Waals surface area (Å²) < 4.78 is 22.7. The normalized spacial score (nSPS) is 23.3. The summed E-state index contributed by atoms with van der Waals surface area (Å²) in [5.41, 5.74) is 2.97. The molecule has 11 nitrogen and oxygen atoms in total. The fourth-order valence-electron chi connectivity index (χ4n) is 4.93. The number of halogens is 1. The number of amides is 1. The van der Waals surface area contributed by atoms with E-state index in [0.717, 1.165) is 17.1 Å². The molecule has 2 unspecified atom stereocenters. The first-order valence-corrected chi connectivity index (χ1v) is 13.5. The maximum Gasteiger partial charge on any atom is 0.251 e. The van der Waals surface area contributed by atoms with Gasteiger partial charge >= 0.3 is 0 Å². The van der Waals surface area contributed by atoms with Crippen molar-refractivity contribution in [3.05, 3.63) is 66.5 Å². The van der Waals surface area contributed by atoms with Gasteiger partial charge in [0.15, 0.2) is 6.17 Å². The molecular weight excluding hydrogens is 527 g/mol. The summed E-state index contributed by atoms with van der Waals surface area (Å²) in [5, 5.41) is 22.5. The number of aromatic nitrogens is 2. The number of benzene rings is 1. The molecular formula is C29H31FN8O3. The summed E-state index contributed by atoms with van der Waals surface area (Å²) in [5.74, 6) is 0.272. The highest BCUT2D eigenvalue weighted by Gasteiger charge is 2.35. The zero-order valence-corrected chi connectivity index (χ0v) is 22.6. The van der Waals surface area contributed by atoms with Crippen LogP contribution in [0.2, 0.25) is 0 Å². The van der Waals surface area contributed by atoms with Gasteiger partial charge < -0.3 is 24.6 Å². The van der Waals surface area contributed by atoms with Gasteiger partial charge in [-0.1, -0.05) is 6.08 Å². The first-order valence-electron chi connectivity index (χ1n) is 13.5. The van der Waals surface area contributed by atoms with Crippen LogP contribution >= 0.6 is 0 Å². The van der Waals surface area contributed by atoms with Crippen molar-refractivity contribution in [1.82, 2.24) is 14.5 Å². The van der Waals surface area contributed by atoms with Crippen LogP contribution in [-0.2, 0) is 9.53 Å². The lowest BCUT2D eigenvalue weighted by atomic mass is 9.90. The third-order valence-corrected chi connectivity index (χ3v) is 7.05. The van der Waals surface area contributed by atoms with Crippen LogP contribution in [0.5, 0.6) is 0 Å². The molecule has 5 rings (SSSR count). The van der Waals surface area contributed by atoms with Gasteiger partial charge in [0.1, 0.15) is 30.4 Å². The number of allylic oxidation sites excluding steroid dienone is 3. The minimum absolute atomic E-state index is 0.00792. The first-order chi connectivity index (χ1) is 19.9. The molecule has 0 radical (unpaired) electrons. The van der Waals surface area contributed by atoms with Crippen molar-refractivity contribution >= 4 is 29.6 Å². The zero-order valence-electron chi connectivity index (χ0n) is 22.6. The van der Waals surface area contributed by atoms with E-state index in [-0.39, 0.29) is 25.4 Å². The van der Waals surface area contributed by atoms with Crippen LogP contribution in [0, 0.1) is 17.2 Å². The fourth-order valence-corrected chi connectivity index (χ4v) is 4.93. The average Bonchev–Trinajstić information content (AvgIpc) is 3.43. The number of rotatable bonds is 7. The van der Waals surface area contributed by atoms with E-state index in [1.807, 2.05) is 47.2 Å². The Hall–Kier alpha value is -4.63. The van der Waals surface area contributed by atoms with Gasteiger partial charge in [-0.2, -0.15) is 5.26 Å². The Labute approximate surface area is 237 Å². The molecule has 0 saturated carbocycles. The lowest BCUT2D eigenvalue weighted by Crippen LogP contribution is -2.50. The van der Waals surface area contributed by atoms with Crippen molar-refractivity contribution in [2.24, 2.45) is 20.9 Å². The molecule has 1 fully saturated rings. The van der Waals surface area contributed by atoms with Crippen LogP contribution in [0.25, 0.3) is 5.69 Å². The van der Waals surface area contributed by atoms with Crippen LogP contribution in [-0.4, -0.2) is 81.5 Å². The minimum atomic E-state index is -1.42. The molecule has 212 valence electrons. The van der Waals surface area contributed by atoms with Gasteiger partial charge in [0.05, 0.1) is 25.0 Å². The number of nitrogens with zero attached hydrogens (tertiary/aromatic N) is 7. The van der Waals surface area contributed by atoms with E-state index in [4.69, 9.17) is 9.73 Å². The fraction of sp³-hybridized carbons (Fsp3) is 0.379. The zero-order chi connectivity index (χ0) is 28.8. The van der Waals surface area contributed by atoms with E-state index < -0.39 is 24.3 Å². The van der Waals surface area contributed by atoms with Crippen molar-refractivity contribution in [1.29, 1.82) is 5.26 Å². The number of aliphatic hydroxyl groups excluding tert-OH is 1. The summed E-state index contributed by atoms with van der Waals surface area (Å²) >= 11 is 0. The van der Waals surface area contributed by atoms with Crippen LogP contribution in [0.4, 0.5) is 10.1 Å². The molecule has 1 aromatic carbocycles. The minimum Gasteiger partial charge on any atom is -0.486 e. The topological polar surface area (TPSA) is 140 Å². The number of anilines is 1. The van der Waals surface area contributed by atoms with Crippen molar-refractivity contribution in [2.45, 2.75) is 44.6 Å². The van der Waals surface area contributed by atoms with Gasteiger partial charge in [-0.05, 0) is 56.0 Å². The number of piperidine rings is 1. The van der Waals surface area contributed by atoms with Gasteiger partial charge in [0.2, 0.25) is 5.96 Å². The lowest BCUT2D eigenvalue weighted by molar-refractivity contribution is -0.143. The first kappa shape index (κ1) is 27.9. The molecule has 41 heavy (non-hydrogen) atoms. The van der Waals surface area contributed by atoms with Gasteiger partial charge in [-0.25, -0.2) is 19.4 Å². The lowest BCUT2D eigenvalue weighted by Gasteiger charge is -2.36. The monoisotopic (exact) mass is 558 g/mol. The quantitative estimate of drug-likeness (QED) is 0.535. The Balaban J connectivity index is 1.18.